The van der Waals surface area contributed by atoms with Gasteiger partial charge in [-0.2, -0.15) is 5.26 Å². The minimum atomic E-state index is -0.276. The summed E-state index contributed by atoms with van der Waals surface area (Å²) in [6, 6.07) is 2.18. The summed E-state index contributed by atoms with van der Waals surface area (Å²) in [6.45, 7) is 1.39. The predicted octanol–water partition coefficient (Wildman–Crippen LogP) is 1.63. The van der Waals surface area contributed by atoms with E-state index in [1.54, 1.807) is 0 Å². The van der Waals surface area contributed by atoms with Crippen LogP contribution in [0.4, 0.5) is 0 Å². The summed E-state index contributed by atoms with van der Waals surface area (Å²) in [5.41, 5.74) is 0. The Hall–Kier alpha value is -1.04. The zero-order valence-corrected chi connectivity index (χ0v) is 7.25. The Bertz CT molecular complexity index is 207. The van der Waals surface area contributed by atoms with Gasteiger partial charge in [0.25, 0.3) is 0 Å². The Balaban J connectivity index is 2.48. The van der Waals surface area contributed by atoms with Gasteiger partial charge in [0.05, 0.1) is 12.0 Å². The van der Waals surface area contributed by atoms with Crippen LogP contribution in [0.25, 0.3) is 0 Å². The fourth-order valence-corrected chi connectivity index (χ4v) is 1.60. The number of hydrogen-bond acceptors (Lipinski definition) is 3. The Morgan fingerprint density at radius 1 is 1.50 bits per heavy atom. The molecule has 0 bridgehead atoms. The van der Waals surface area contributed by atoms with E-state index >= 15 is 0 Å². The molecule has 0 saturated heterocycles. The van der Waals surface area contributed by atoms with Gasteiger partial charge in [-0.05, 0) is 19.3 Å². The monoisotopic (exact) mass is 167 g/mol. The molecule has 3 nitrogen and oxygen atoms in total. The minimum Gasteiger partial charge on any atom is -0.461 e. The molecule has 0 aromatic heterocycles. The summed E-state index contributed by atoms with van der Waals surface area (Å²) < 4.78 is 5.03. The molecule has 0 aromatic rings. The maximum atomic E-state index is 10.6. The van der Waals surface area contributed by atoms with Gasteiger partial charge in [0, 0.05) is 6.92 Å². The van der Waals surface area contributed by atoms with E-state index in [-0.39, 0.29) is 18.0 Å². The molecule has 0 N–H and O–H groups in total. The van der Waals surface area contributed by atoms with Gasteiger partial charge in [-0.3, -0.25) is 4.79 Å². The molecule has 2 atom stereocenters. The van der Waals surface area contributed by atoms with E-state index in [1.165, 1.54) is 6.92 Å². The van der Waals surface area contributed by atoms with Crippen LogP contribution >= 0.6 is 0 Å². The first kappa shape index (κ1) is 9.05. The largest absolute Gasteiger partial charge is 0.461 e. The van der Waals surface area contributed by atoms with Crippen LogP contribution in [0.15, 0.2) is 0 Å². The van der Waals surface area contributed by atoms with Gasteiger partial charge < -0.3 is 4.74 Å². The van der Waals surface area contributed by atoms with Crippen molar-refractivity contribution in [1.82, 2.24) is 0 Å². The summed E-state index contributed by atoms with van der Waals surface area (Å²) in [5.74, 6) is -0.357. The van der Waals surface area contributed by atoms with E-state index in [1.807, 2.05) is 0 Å². The van der Waals surface area contributed by atoms with Gasteiger partial charge >= 0.3 is 5.97 Å². The number of hydrogen-bond donors (Lipinski definition) is 0. The van der Waals surface area contributed by atoms with Crippen LogP contribution < -0.4 is 0 Å². The maximum absolute atomic E-state index is 10.6. The number of ether oxygens (including phenoxy) is 1. The maximum Gasteiger partial charge on any atom is 0.302 e. The van der Waals surface area contributed by atoms with Crippen molar-refractivity contribution in [3.63, 3.8) is 0 Å². The number of nitriles is 1. The predicted molar refractivity (Wildman–Crippen MR) is 43.1 cm³/mol. The highest BCUT2D eigenvalue weighted by Gasteiger charge is 2.26. The summed E-state index contributed by atoms with van der Waals surface area (Å²) in [5, 5.41) is 8.73. The Labute approximate surface area is 72.3 Å². The van der Waals surface area contributed by atoms with Crippen molar-refractivity contribution in [1.29, 1.82) is 5.26 Å². The molecule has 0 heterocycles. The molecule has 66 valence electrons. The third-order valence-electron chi connectivity index (χ3n) is 2.19. The number of esters is 1. The molecule has 0 aromatic carbocycles. The normalized spacial score (nSPS) is 29.0. The average molecular weight is 167 g/mol. The number of rotatable bonds is 1. The van der Waals surface area contributed by atoms with E-state index in [0.717, 1.165) is 25.7 Å². The summed E-state index contributed by atoms with van der Waals surface area (Å²) in [4.78, 5) is 10.6. The van der Waals surface area contributed by atoms with Gasteiger partial charge in [0.15, 0.2) is 0 Å². The van der Waals surface area contributed by atoms with Crippen LogP contribution in [0, 0.1) is 17.2 Å². The Kier molecular flexibility index (Phi) is 3.09. The lowest BCUT2D eigenvalue weighted by molar-refractivity contribution is -0.149. The van der Waals surface area contributed by atoms with Crippen LogP contribution in [0.5, 0.6) is 0 Å². The molecule has 1 saturated carbocycles. The number of carbonyl (C=O) groups is 1. The molecule has 1 fully saturated rings. The molecule has 0 amide bonds. The second kappa shape index (κ2) is 4.10. The first-order chi connectivity index (χ1) is 5.74. The summed E-state index contributed by atoms with van der Waals surface area (Å²) in [7, 11) is 0. The zero-order valence-electron chi connectivity index (χ0n) is 7.25. The fourth-order valence-electron chi connectivity index (χ4n) is 1.60. The van der Waals surface area contributed by atoms with Gasteiger partial charge in [-0.25, -0.2) is 0 Å². The lowest BCUT2D eigenvalue weighted by Gasteiger charge is -2.25. The second-order valence-corrected chi connectivity index (χ2v) is 3.17. The minimum absolute atomic E-state index is 0.0809. The van der Waals surface area contributed by atoms with Crippen LogP contribution in [-0.2, 0) is 9.53 Å². The van der Waals surface area contributed by atoms with Gasteiger partial charge in [-0.1, -0.05) is 6.42 Å². The second-order valence-electron chi connectivity index (χ2n) is 3.17. The molecule has 3 heteroatoms. The SMILES string of the molecule is CC(=O)O[C@H]1CCCC[C@H]1C#N. The first-order valence-corrected chi connectivity index (χ1v) is 4.31. The first-order valence-electron chi connectivity index (χ1n) is 4.31. The molecule has 0 radical (unpaired) electrons. The average Bonchev–Trinajstić information content (AvgIpc) is 2.04. The van der Waals surface area contributed by atoms with E-state index in [2.05, 4.69) is 6.07 Å². The van der Waals surface area contributed by atoms with E-state index < -0.39 is 0 Å². The highest BCUT2D eigenvalue weighted by molar-refractivity contribution is 5.66. The van der Waals surface area contributed by atoms with Crippen molar-refractivity contribution in [2.45, 2.75) is 38.7 Å². The van der Waals surface area contributed by atoms with E-state index in [0.29, 0.717) is 0 Å². The van der Waals surface area contributed by atoms with Crippen LogP contribution in [0.2, 0.25) is 0 Å². The summed E-state index contributed by atoms with van der Waals surface area (Å²) in [6.07, 6.45) is 3.71. The van der Waals surface area contributed by atoms with Crippen LogP contribution in [0.3, 0.4) is 0 Å². The number of nitrogens with zero attached hydrogens (tertiary/aromatic N) is 1. The Morgan fingerprint density at radius 3 is 2.75 bits per heavy atom. The molecule has 12 heavy (non-hydrogen) atoms. The van der Waals surface area contributed by atoms with Gasteiger partial charge in [0.1, 0.15) is 6.10 Å². The highest BCUT2D eigenvalue weighted by atomic mass is 16.5. The molecule has 0 spiro atoms. The third-order valence-corrected chi connectivity index (χ3v) is 2.19. The smallest absolute Gasteiger partial charge is 0.302 e. The van der Waals surface area contributed by atoms with E-state index in [4.69, 9.17) is 10.00 Å². The molecule has 0 aliphatic heterocycles. The van der Waals surface area contributed by atoms with E-state index in [9.17, 15) is 4.79 Å². The lowest BCUT2D eigenvalue weighted by atomic mass is 9.87. The number of carbonyl (C=O) groups excluding carboxylic acids is 1. The molecule has 1 aliphatic carbocycles. The Morgan fingerprint density at radius 2 is 2.17 bits per heavy atom. The van der Waals surface area contributed by atoms with Crippen molar-refractivity contribution in [3.8, 4) is 6.07 Å². The van der Waals surface area contributed by atoms with Crippen molar-refractivity contribution in [2.75, 3.05) is 0 Å². The van der Waals surface area contributed by atoms with Crippen molar-refractivity contribution >= 4 is 5.97 Å². The van der Waals surface area contributed by atoms with Crippen molar-refractivity contribution in [2.24, 2.45) is 5.92 Å². The zero-order chi connectivity index (χ0) is 8.97. The molecular formula is C9H13NO2. The van der Waals surface area contributed by atoms with Gasteiger partial charge in [-0.15, -0.1) is 0 Å². The topological polar surface area (TPSA) is 50.1 Å². The molecular weight excluding hydrogens is 154 g/mol. The fraction of sp³-hybridized carbons (Fsp3) is 0.778. The third kappa shape index (κ3) is 2.23. The molecule has 1 rings (SSSR count). The quantitative estimate of drug-likeness (QED) is 0.558. The van der Waals surface area contributed by atoms with Crippen molar-refractivity contribution < 1.29 is 9.53 Å². The highest BCUT2D eigenvalue weighted by Crippen LogP contribution is 2.26. The lowest BCUT2D eigenvalue weighted by Crippen LogP contribution is -2.28. The standard InChI is InChI=1S/C9H13NO2/c1-7(11)12-9-5-3-2-4-8(9)6-10/h8-9H,2-5H2,1H3/t8-,9-/m0/s1. The van der Waals surface area contributed by atoms with Crippen LogP contribution in [0.1, 0.15) is 32.6 Å². The van der Waals surface area contributed by atoms with Crippen molar-refractivity contribution in [3.05, 3.63) is 0 Å². The summed E-state index contributed by atoms with van der Waals surface area (Å²) >= 11 is 0. The van der Waals surface area contributed by atoms with Crippen LogP contribution in [-0.4, -0.2) is 12.1 Å². The van der Waals surface area contributed by atoms with Gasteiger partial charge in [0.2, 0.25) is 0 Å². The molecule has 1 aliphatic rings. The molecule has 0 unspecified atom stereocenters.